The van der Waals surface area contributed by atoms with Gasteiger partial charge in [-0.1, -0.05) is 13.8 Å². The molecule has 0 atom stereocenters. The van der Waals surface area contributed by atoms with Crippen LogP contribution in [-0.2, 0) is 9.47 Å². The van der Waals surface area contributed by atoms with Crippen molar-refractivity contribution in [1.29, 1.82) is 0 Å². The molecule has 0 fully saturated rings. The molecule has 0 aliphatic rings. The van der Waals surface area contributed by atoms with Gasteiger partial charge in [0.2, 0.25) is 0 Å². The van der Waals surface area contributed by atoms with Crippen LogP contribution in [0.15, 0.2) is 0 Å². The summed E-state index contributed by atoms with van der Waals surface area (Å²) in [5.41, 5.74) is 0. The smallest absolute Gasteiger partial charge is 0.169 e. The number of aliphatic hydroxyl groups excluding tert-OH is 1. The Morgan fingerprint density at radius 1 is 1.13 bits per heavy atom. The lowest BCUT2D eigenvalue weighted by molar-refractivity contribution is -0.121. The molecular formula is C11H25NO3. The van der Waals surface area contributed by atoms with Crippen LogP contribution >= 0.6 is 0 Å². The van der Waals surface area contributed by atoms with Gasteiger partial charge in [0.1, 0.15) is 0 Å². The minimum atomic E-state index is -0.211. The molecule has 0 rings (SSSR count). The Balaban J connectivity index is 4.22. The van der Waals surface area contributed by atoms with Gasteiger partial charge in [-0.05, 0) is 12.8 Å². The average molecular weight is 219 g/mol. The highest BCUT2D eigenvalue weighted by atomic mass is 16.7. The van der Waals surface area contributed by atoms with E-state index in [0.29, 0.717) is 19.1 Å². The molecule has 4 heteroatoms. The summed E-state index contributed by atoms with van der Waals surface area (Å²) < 4.78 is 10.3. The molecule has 92 valence electrons. The Morgan fingerprint density at radius 2 is 1.67 bits per heavy atom. The molecule has 0 aromatic rings. The minimum Gasteiger partial charge on any atom is -0.395 e. The first kappa shape index (κ1) is 14.8. The molecule has 0 aliphatic carbocycles. The first-order valence-corrected chi connectivity index (χ1v) is 5.63. The van der Waals surface area contributed by atoms with Crippen LogP contribution in [0, 0.1) is 0 Å². The maximum Gasteiger partial charge on any atom is 0.169 e. The molecule has 0 unspecified atom stereocenters. The number of hydrogen-bond acceptors (Lipinski definition) is 4. The molecule has 0 saturated heterocycles. The second-order valence-electron chi connectivity index (χ2n) is 3.59. The highest BCUT2D eigenvalue weighted by Gasteiger charge is 2.18. The van der Waals surface area contributed by atoms with Gasteiger partial charge in [-0.2, -0.15) is 0 Å². The van der Waals surface area contributed by atoms with Crippen LogP contribution in [0.25, 0.3) is 0 Å². The maximum absolute atomic E-state index is 9.01. The summed E-state index contributed by atoms with van der Waals surface area (Å²) in [6, 6.07) is 0.491. The first-order chi connectivity index (χ1) is 7.23. The monoisotopic (exact) mass is 219 g/mol. The lowest BCUT2D eigenvalue weighted by Gasteiger charge is -2.32. The van der Waals surface area contributed by atoms with E-state index in [0.717, 1.165) is 12.8 Å². The van der Waals surface area contributed by atoms with Crippen molar-refractivity contribution in [2.75, 3.05) is 33.9 Å². The molecule has 0 aromatic carbocycles. The Morgan fingerprint density at radius 3 is 2.00 bits per heavy atom. The fourth-order valence-electron chi connectivity index (χ4n) is 1.79. The molecule has 15 heavy (non-hydrogen) atoms. The van der Waals surface area contributed by atoms with Crippen LogP contribution < -0.4 is 0 Å². The number of hydrogen-bond donors (Lipinski definition) is 1. The largest absolute Gasteiger partial charge is 0.395 e. The standard InChI is InChI=1S/C11H25NO3/c1-5-10(6-2)12(7-8-13)9-11(14-3)15-4/h10-11,13H,5-9H2,1-4H3. The van der Waals surface area contributed by atoms with Crippen molar-refractivity contribution in [3.8, 4) is 0 Å². The molecule has 4 nitrogen and oxygen atoms in total. The molecule has 0 amide bonds. The van der Waals surface area contributed by atoms with Gasteiger partial charge in [0.25, 0.3) is 0 Å². The van der Waals surface area contributed by atoms with Gasteiger partial charge in [-0.15, -0.1) is 0 Å². The topological polar surface area (TPSA) is 41.9 Å². The Labute approximate surface area is 93.2 Å². The lowest BCUT2D eigenvalue weighted by atomic mass is 10.1. The highest BCUT2D eigenvalue weighted by molar-refractivity contribution is 4.70. The van der Waals surface area contributed by atoms with Crippen molar-refractivity contribution in [2.45, 2.75) is 39.0 Å². The van der Waals surface area contributed by atoms with E-state index in [-0.39, 0.29) is 12.9 Å². The van der Waals surface area contributed by atoms with E-state index in [2.05, 4.69) is 18.7 Å². The van der Waals surface area contributed by atoms with Crippen molar-refractivity contribution in [3.05, 3.63) is 0 Å². The number of nitrogens with zero attached hydrogens (tertiary/aromatic N) is 1. The summed E-state index contributed by atoms with van der Waals surface area (Å²) in [7, 11) is 3.27. The zero-order valence-corrected chi connectivity index (χ0v) is 10.4. The van der Waals surface area contributed by atoms with Gasteiger partial charge in [0.15, 0.2) is 6.29 Å². The minimum absolute atomic E-state index is 0.177. The quantitative estimate of drug-likeness (QED) is 0.589. The second kappa shape index (κ2) is 9.09. The van der Waals surface area contributed by atoms with E-state index in [1.54, 1.807) is 14.2 Å². The molecular weight excluding hydrogens is 194 g/mol. The third-order valence-corrected chi connectivity index (χ3v) is 2.76. The SMILES string of the molecule is CCC(CC)N(CCO)CC(OC)OC. The summed E-state index contributed by atoms with van der Waals surface area (Å²) in [4.78, 5) is 2.22. The molecule has 0 saturated carbocycles. The highest BCUT2D eigenvalue weighted by Crippen LogP contribution is 2.09. The third-order valence-electron chi connectivity index (χ3n) is 2.76. The zero-order chi connectivity index (χ0) is 11.7. The number of rotatable bonds is 9. The summed E-state index contributed by atoms with van der Waals surface area (Å²) in [6.45, 7) is 5.88. The van der Waals surface area contributed by atoms with Crippen molar-refractivity contribution >= 4 is 0 Å². The predicted octanol–water partition coefficient (Wildman–Crippen LogP) is 1.09. The average Bonchev–Trinajstić information content (AvgIpc) is 2.27. The lowest BCUT2D eigenvalue weighted by Crippen LogP contribution is -2.42. The summed E-state index contributed by atoms with van der Waals surface area (Å²) in [6.07, 6.45) is 1.95. The van der Waals surface area contributed by atoms with Crippen molar-refractivity contribution < 1.29 is 14.6 Å². The third kappa shape index (κ3) is 5.47. The summed E-state index contributed by atoms with van der Waals surface area (Å²) >= 11 is 0. The molecule has 0 heterocycles. The normalized spacial score (nSPS) is 12.0. The van der Waals surface area contributed by atoms with E-state index >= 15 is 0 Å². The summed E-state index contributed by atoms with van der Waals surface area (Å²) in [5.74, 6) is 0. The van der Waals surface area contributed by atoms with Gasteiger partial charge in [0, 0.05) is 33.4 Å². The molecule has 0 aromatic heterocycles. The van der Waals surface area contributed by atoms with Crippen LogP contribution in [0.4, 0.5) is 0 Å². The van der Waals surface area contributed by atoms with E-state index < -0.39 is 0 Å². The van der Waals surface area contributed by atoms with E-state index in [9.17, 15) is 0 Å². The zero-order valence-electron chi connectivity index (χ0n) is 10.4. The van der Waals surface area contributed by atoms with Gasteiger partial charge in [-0.25, -0.2) is 0 Å². The summed E-state index contributed by atoms with van der Waals surface area (Å²) in [5, 5.41) is 9.01. The first-order valence-electron chi connectivity index (χ1n) is 5.63. The van der Waals surface area contributed by atoms with Crippen LogP contribution in [0.2, 0.25) is 0 Å². The fourth-order valence-corrected chi connectivity index (χ4v) is 1.79. The van der Waals surface area contributed by atoms with Crippen LogP contribution in [0.1, 0.15) is 26.7 Å². The Bertz CT molecular complexity index is 136. The molecule has 0 radical (unpaired) electrons. The molecule has 0 aliphatic heterocycles. The van der Waals surface area contributed by atoms with Gasteiger partial charge < -0.3 is 14.6 Å². The van der Waals surface area contributed by atoms with Crippen molar-refractivity contribution in [2.24, 2.45) is 0 Å². The van der Waals surface area contributed by atoms with E-state index in [4.69, 9.17) is 14.6 Å². The number of ether oxygens (including phenoxy) is 2. The van der Waals surface area contributed by atoms with Gasteiger partial charge in [0.05, 0.1) is 6.61 Å². The van der Waals surface area contributed by atoms with E-state index in [1.165, 1.54) is 0 Å². The fraction of sp³-hybridized carbons (Fsp3) is 1.00. The van der Waals surface area contributed by atoms with Crippen LogP contribution in [0.3, 0.4) is 0 Å². The number of methoxy groups -OCH3 is 2. The van der Waals surface area contributed by atoms with Gasteiger partial charge in [-0.3, -0.25) is 4.90 Å². The molecule has 0 spiro atoms. The number of aliphatic hydroxyl groups is 1. The van der Waals surface area contributed by atoms with E-state index in [1.807, 2.05) is 0 Å². The maximum atomic E-state index is 9.01. The molecule has 1 N–H and O–H groups in total. The van der Waals surface area contributed by atoms with Crippen molar-refractivity contribution in [3.63, 3.8) is 0 Å². The second-order valence-corrected chi connectivity index (χ2v) is 3.59. The van der Waals surface area contributed by atoms with Crippen LogP contribution in [-0.4, -0.2) is 56.3 Å². The van der Waals surface area contributed by atoms with Gasteiger partial charge >= 0.3 is 0 Å². The Kier molecular flexibility index (Phi) is 9.00. The van der Waals surface area contributed by atoms with Crippen molar-refractivity contribution in [1.82, 2.24) is 4.90 Å². The molecule has 0 bridgehead atoms. The predicted molar refractivity (Wildman–Crippen MR) is 60.8 cm³/mol. The Hall–Kier alpha value is -0.160. The van der Waals surface area contributed by atoms with Crippen LogP contribution in [0.5, 0.6) is 0 Å².